The van der Waals surface area contributed by atoms with Gasteiger partial charge in [-0.1, -0.05) is 310 Å². The topological polar surface area (TPSA) is 111 Å². The number of rotatable bonds is 67. The van der Waals surface area contributed by atoms with Crippen LogP contribution >= 0.6 is 7.82 Å². The van der Waals surface area contributed by atoms with Gasteiger partial charge in [-0.05, 0) is 122 Å². The van der Waals surface area contributed by atoms with E-state index in [1.165, 1.54) is 167 Å². The van der Waals surface area contributed by atoms with Crippen LogP contribution in [0.5, 0.6) is 0 Å². The Morgan fingerprint density at radius 1 is 0.400 bits per heavy atom. The molecule has 0 saturated heterocycles. The van der Waals surface area contributed by atoms with E-state index in [2.05, 4.69) is 135 Å². The summed E-state index contributed by atoms with van der Waals surface area (Å²) in [5, 5.41) is 3.07. The minimum atomic E-state index is -4.47. The number of hydrogen-bond donors (Lipinski definition) is 2. The fourth-order valence-electron chi connectivity index (χ4n) is 10.4. The second kappa shape index (κ2) is 68.3. The molecule has 3 unspecified atom stereocenters. The molecule has 90 heavy (non-hydrogen) atoms. The Bertz CT molecular complexity index is 1960. The van der Waals surface area contributed by atoms with Gasteiger partial charge >= 0.3 is 13.8 Å². The largest absolute Gasteiger partial charge is 0.472 e. The van der Waals surface area contributed by atoms with Gasteiger partial charge in [0.1, 0.15) is 19.3 Å². The number of ether oxygens (including phenoxy) is 1. The molecule has 0 saturated carbocycles. The fraction of sp³-hybridized carbons (Fsp3) is 0.725. The molecule has 0 aromatic heterocycles. The standard InChI is InChI=1S/C80H141N2O7P/c1-7-10-13-16-19-22-25-28-30-32-34-36-38-40-41-43-45-47-49-51-53-55-58-61-64-67-70-73-80(84)89-78(71-68-65-62-59-56-27-24-21-18-15-12-9-3)77(76-88-90(85,86)87-75-74-82(4,5)6)81-79(83)72-69-66-63-60-57-54-52-50-48-46-44-42-39-37-35-33-31-29-26-23-20-17-14-11-8-2/h10,13,19-20,22-23,28-31,34-37,40-41,45,47,68,71,77-78H,7-9,11-12,14-18,21,24-27,32-33,38-39,42-44,46,48-67,69-70,72-76H2,1-6H3,(H-,81,83,85,86)/p+1/b13-10-,22-19-,23-20-,30-28-,31-29-,36-34-,37-35-,41-40-,47-45-,71-68+. The molecular formula is C80H142N2O7P+. The van der Waals surface area contributed by atoms with Crippen LogP contribution < -0.4 is 5.32 Å². The maximum absolute atomic E-state index is 13.6. The smallest absolute Gasteiger partial charge is 0.456 e. The number of amides is 1. The van der Waals surface area contributed by atoms with Crippen molar-refractivity contribution in [2.45, 2.75) is 335 Å². The number of carbonyl (C=O) groups is 2. The van der Waals surface area contributed by atoms with Gasteiger partial charge in [0, 0.05) is 12.8 Å². The maximum Gasteiger partial charge on any atom is 0.472 e. The first-order valence-corrected chi connectivity index (χ1v) is 38.9. The third-order valence-electron chi connectivity index (χ3n) is 16.1. The lowest BCUT2D eigenvalue weighted by Gasteiger charge is -2.27. The van der Waals surface area contributed by atoms with Crippen molar-refractivity contribution in [3.05, 3.63) is 122 Å². The highest BCUT2D eigenvalue weighted by molar-refractivity contribution is 7.47. The Morgan fingerprint density at radius 3 is 1.09 bits per heavy atom. The molecule has 9 nitrogen and oxygen atoms in total. The van der Waals surface area contributed by atoms with Gasteiger partial charge < -0.3 is 19.4 Å². The summed E-state index contributed by atoms with van der Waals surface area (Å²) in [6.07, 6.45) is 96.4. The van der Waals surface area contributed by atoms with Crippen LogP contribution in [0, 0.1) is 0 Å². The monoisotopic (exact) mass is 1270 g/mol. The van der Waals surface area contributed by atoms with E-state index >= 15 is 0 Å². The molecule has 10 heteroatoms. The van der Waals surface area contributed by atoms with E-state index in [-0.39, 0.29) is 31.5 Å². The predicted molar refractivity (Wildman–Crippen MR) is 392 cm³/mol. The summed E-state index contributed by atoms with van der Waals surface area (Å²) in [6, 6.07) is -0.862. The molecule has 0 radical (unpaired) electrons. The highest BCUT2D eigenvalue weighted by atomic mass is 31.2. The van der Waals surface area contributed by atoms with Crippen LogP contribution in [0.1, 0.15) is 323 Å². The number of likely N-dealkylation sites (N-methyl/N-ethyl adjacent to an activating group) is 1. The maximum atomic E-state index is 13.6. The average molecular weight is 1270 g/mol. The lowest BCUT2D eigenvalue weighted by Crippen LogP contribution is -2.47. The van der Waals surface area contributed by atoms with E-state index in [0.717, 1.165) is 122 Å². The van der Waals surface area contributed by atoms with Crippen LogP contribution in [0.3, 0.4) is 0 Å². The van der Waals surface area contributed by atoms with Gasteiger partial charge in [-0.15, -0.1) is 0 Å². The van der Waals surface area contributed by atoms with Gasteiger partial charge in [0.05, 0.1) is 33.8 Å². The number of carbonyl (C=O) groups excluding carboxylic acids is 2. The number of quaternary nitrogens is 1. The van der Waals surface area contributed by atoms with Crippen molar-refractivity contribution in [3.63, 3.8) is 0 Å². The lowest BCUT2D eigenvalue weighted by atomic mass is 10.0. The predicted octanol–water partition coefficient (Wildman–Crippen LogP) is 24.2. The molecule has 3 atom stereocenters. The first kappa shape index (κ1) is 86.4. The van der Waals surface area contributed by atoms with E-state index in [4.69, 9.17) is 13.8 Å². The molecule has 0 aromatic carbocycles. The first-order valence-electron chi connectivity index (χ1n) is 37.4. The van der Waals surface area contributed by atoms with E-state index in [1.54, 1.807) is 0 Å². The number of allylic oxidation sites excluding steroid dienone is 19. The third kappa shape index (κ3) is 68.8. The number of nitrogens with one attached hydrogen (secondary N) is 1. The van der Waals surface area contributed by atoms with Crippen LogP contribution in [0.4, 0.5) is 0 Å². The van der Waals surface area contributed by atoms with Gasteiger partial charge in [0.25, 0.3) is 0 Å². The third-order valence-corrected chi connectivity index (χ3v) is 17.1. The summed E-state index contributed by atoms with van der Waals surface area (Å²) < 4.78 is 30.9. The van der Waals surface area contributed by atoms with Crippen molar-refractivity contribution in [1.82, 2.24) is 5.32 Å². The van der Waals surface area contributed by atoms with Crippen molar-refractivity contribution in [1.29, 1.82) is 0 Å². The zero-order valence-corrected chi connectivity index (χ0v) is 60.2. The van der Waals surface area contributed by atoms with Gasteiger partial charge in [0.2, 0.25) is 5.91 Å². The van der Waals surface area contributed by atoms with Gasteiger partial charge in [-0.2, -0.15) is 0 Å². The molecule has 0 spiro atoms. The van der Waals surface area contributed by atoms with Crippen LogP contribution in [0.2, 0.25) is 0 Å². The van der Waals surface area contributed by atoms with Crippen molar-refractivity contribution in [3.8, 4) is 0 Å². The van der Waals surface area contributed by atoms with Crippen LogP contribution in [-0.2, 0) is 27.9 Å². The molecule has 0 heterocycles. The summed E-state index contributed by atoms with van der Waals surface area (Å²) in [5.74, 6) is -0.515. The normalized spacial score (nSPS) is 14.2. The zero-order chi connectivity index (χ0) is 65.6. The second-order valence-electron chi connectivity index (χ2n) is 26.1. The number of phosphoric acid groups is 1. The fourth-order valence-corrected chi connectivity index (χ4v) is 11.2. The number of nitrogens with zero attached hydrogens (tertiary/aromatic N) is 1. The quantitative estimate of drug-likeness (QED) is 0.0205. The van der Waals surface area contributed by atoms with E-state index in [1.807, 2.05) is 33.3 Å². The molecule has 518 valence electrons. The minimum Gasteiger partial charge on any atom is -0.456 e. The van der Waals surface area contributed by atoms with Gasteiger partial charge in [-0.25, -0.2) is 4.57 Å². The van der Waals surface area contributed by atoms with E-state index < -0.39 is 20.0 Å². The number of esters is 1. The molecule has 1 amide bonds. The summed E-state index contributed by atoms with van der Waals surface area (Å²) in [4.78, 5) is 38.0. The Kier molecular flexibility index (Phi) is 65.6. The Labute approximate surface area is 556 Å². The molecule has 0 fully saturated rings. The van der Waals surface area contributed by atoms with Crippen molar-refractivity contribution in [2.24, 2.45) is 0 Å². The molecular weight excluding hydrogens is 1130 g/mol. The average Bonchev–Trinajstić information content (AvgIpc) is 3.12. The van der Waals surface area contributed by atoms with E-state index in [9.17, 15) is 19.0 Å². The molecule has 0 aromatic rings. The van der Waals surface area contributed by atoms with Crippen LogP contribution in [0.15, 0.2) is 122 Å². The summed E-state index contributed by atoms with van der Waals surface area (Å²) in [7, 11) is 1.48. The Balaban J connectivity index is 5.05. The zero-order valence-electron chi connectivity index (χ0n) is 59.3. The SMILES string of the molecule is CC/C=C\C/C=C\C/C=C\C/C=C\C/C=C\C/C=C\CCCCCCCCCCC(=O)OC(/C=C/CCCCCCCCCCCC)C(COP(=O)(O)OCC[N+](C)(C)C)NC(=O)CCCCCCCCCCCCCC/C=C\C/C=C\C/C=C\CCCCC. The number of hydrogen-bond acceptors (Lipinski definition) is 6. The van der Waals surface area contributed by atoms with Crippen molar-refractivity contribution >= 4 is 19.7 Å². The van der Waals surface area contributed by atoms with Gasteiger partial charge in [0.15, 0.2) is 0 Å². The lowest BCUT2D eigenvalue weighted by molar-refractivity contribution is -0.870. The summed E-state index contributed by atoms with van der Waals surface area (Å²) in [6.45, 7) is 6.88. The highest BCUT2D eigenvalue weighted by Crippen LogP contribution is 2.43. The molecule has 2 N–H and O–H groups in total. The van der Waals surface area contributed by atoms with Crippen molar-refractivity contribution < 1.29 is 37.3 Å². The highest BCUT2D eigenvalue weighted by Gasteiger charge is 2.30. The number of unbranched alkanes of at least 4 members (excludes halogenated alkanes) is 33. The summed E-state index contributed by atoms with van der Waals surface area (Å²) in [5.41, 5.74) is 0. The van der Waals surface area contributed by atoms with Crippen LogP contribution in [-0.4, -0.2) is 74.3 Å². The van der Waals surface area contributed by atoms with Gasteiger partial charge in [-0.3, -0.25) is 18.6 Å². The molecule has 0 aliphatic rings. The first-order chi connectivity index (χ1) is 43.9. The second-order valence-corrected chi connectivity index (χ2v) is 27.5. The Morgan fingerprint density at radius 2 is 0.711 bits per heavy atom. The number of phosphoric ester groups is 1. The molecule has 0 rings (SSSR count). The van der Waals surface area contributed by atoms with Crippen LogP contribution in [0.25, 0.3) is 0 Å². The minimum absolute atomic E-state index is 0.0334. The Hall–Kier alpha value is -3.59. The summed E-state index contributed by atoms with van der Waals surface area (Å²) >= 11 is 0. The molecule has 0 aliphatic heterocycles. The molecule has 0 aliphatic carbocycles. The van der Waals surface area contributed by atoms with E-state index in [0.29, 0.717) is 17.4 Å². The van der Waals surface area contributed by atoms with Crippen molar-refractivity contribution in [2.75, 3.05) is 40.9 Å². The molecule has 0 bridgehead atoms.